The summed E-state index contributed by atoms with van der Waals surface area (Å²) in [5.41, 5.74) is 1.27. The molecule has 18 heavy (non-hydrogen) atoms. The zero-order valence-corrected chi connectivity index (χ0v) is 11.3. The molecule has 0 saturated heterocycles. The van der Waals surface area contributed by atoms with E-state index in [0.717, 1.165) is 30.4 Å². The second-order valence-electron chi connectivity index (χ2n) is 7.05. The van der Waals surface area contributed by atoms with Gasteiger partial charge in [0.05, 0.1) is 24.2 Å². The molecule has 1 aromatic heterocycles. The minimum Gasteiger partial charge on any atom is -0.472 e. The third kappa shape index (κ3) is 1.57. The number of fused-ring (bicyclic) bond motifs is 2. The van der Waals surface area contributed by atoms with E-state index in [1.54, 1.807) is 12.5 Å². The molecule has 3 nitrogen and oxygen atoms in total. The number of aliphatic hydroxyl groups is 2. The quantitative estimate of drug-likeness (QED) is 0.744. The normalized spacial score (nSPS) is 42.2. The summed E-state index contributed by atoms with van der Waals surface area (Å²) in [6.07, 6.45) is 5.17. The van der Waals surface area contributed by atoms with Gasteiger partial charge in [0.1, 0.15) is 0 Å². The first-order valence-corrected chi connectivity index (χ1v) is 6.79. The van der Waals surface area contributed by atoms with Crippen LogP contribution in [-0.4, -0.2) is 15.8 Å². The molecule has 0 spiro atoms. The highest BCUT2D eigenvalue weighted by Crippen LogP contribution is 2.57. The van der Waals surface area contributed by atoms with Gasteiger partial charge in [-0.25, -0.2) is 0 Å². The number of rotatable bonds is 0. The van der Waals surface area contributed by atoms with Crippen molar-refractivity contribution in [2.45, 2.75) is 51.7 Å². The predicted molar refractivity (Wildman–Crippen MR) is 68.0 cm³/mol. The summed E-state index contributed by atoms with van der Waals surface area (Å²) in [5, 5.41) is 21.7. The van der Waals surface area contributed by atoms with E-state index >= 15 is 0 Å². The molecule has 3 rings (SSSR count). The summed E-state index contributed by atoms with van der Waals surface area (Å²) < 4.78 is 5.23. The average Bonchev–Trinajstić information content (AvgIpc) is 2.78. The fourth-order valence-corrected chi connectivity index (χ4v) is 4.15. The fraction of sp³-hybridized carbons (Fsp3) is 0.733. The first-order valence-electron chi connectivity index (χ1n) is 6.79. The van der Waals surface area contributed by atoms with Crippen LogP contribution in [0, 0.1) is 17.3 Å². The van der Waals surface area contributed by atoms with Crippen molar-refractivity contribution in [3.63, 3.8) is 0 Å². The van der Waals surface area contributed by atoms with Crippen LogP contribution in [0.5, 0.6) is 0 Å². The van der Waals surface area contributed by atoms with E-state index in [1.165, 1.54) is 0 Å². The Morgan fingerprint density at radius 3 is 2.78 bits per heavy atom. The maximum absolute atomic E-state index is 11.1. The Labute approximate surface area is 108 Å². The zero-order valence-electron chi connectivity index (χ0n) is 11.3. The van der Waals surface area contributed by atoms with Gasteiger partial charge in [-0.3, -0.25) is 0 Å². The minimum atomic E-state index is -0.755. The van der Waals surface area contributed by atoms with Gasteiger partial charge in [0.2, 0.25) is 0 Å². The molecule has 4 atom stereocenters. The highest BCUT2D eigenvalue weighted by atomic mass is 16.3. The van der Waals surface area contributed by atoms with E-state index in [9.17, 15) is 10.2 Å². The molecule has 2 aliphatic rings. The Morgan fingerprint density at radius 1 is 1.33 bits per heavy atom. The fourth-order valence-electron chi connectivity index (χ4n) is 4.15. The van der Waals surface area contributed by atoms with Crippen LogP contribution in [0.1, 0.15) is 50.8 Å². The predicted octanol–water partition coefficient (Wildman–Crippen LogP) is 2.67. The maximum atomic E-state index is 11.1. The highest BCUT2D eigenvalue weighted by molar-refractivity contribution is 5.29. The standard InChI is InChI=1S/C15H22O3/c1-9-4-10-6-18-7-11(10)13(16)12-5-14(2,3)8-15(9,12)17/h6-7,9,12-13,16-17H,4-5,8H2,1-3H3/t9-,12-,13+,15-/m0/s1. The molecule has 100 valence electrons. The van der Waals surface area contributed by atoms with Crippen LogP contribution in [0.4, 0.5) is 0 Å². The Kier molecular flexibility index (Phi) is 2.46. The summed E-state index contributed by atoms with van der Waals surface area (Å²) in [6.45, 7) is 6.44. The van der Waals surface area contributed by atoms with Crippen LogP contribution in [0.25, 0.3) is 0 Å². The summed E-state index contributed by atoms with van der Waals surface area (Å²) in [5.74, 6) is 0.0686. The van der Waals surface area contributed by atoms with Crippen molar-refractivity contribution < 1.29 is 14.6 Å². The van der Waals surface area contributed by atoms with Gasteiger partial charge in [0.25, 0.3) is 0 Å². The molecule has 3 heteroatoms. The number of aliphatic hydroxyl groups excluding tert-OH is 1. The van der Waals surface area contributed by atoms with Crippen molar-refractivity contribution in [2.24, 2.45) is 17.3 Å². The number of hydrogen-bond acceptors (Lipinski definition) is 3. The molecule has 1 heterocycles. The van der Waals surface area contributed by atoms with Crippen molar-refractivity contribution in [3.05, 3.63) is 23.7 Å². The van der Waals surface area contributed by atoms with Crippen LogP contribution in [0.2, 0.25) is 0 Å². The lowest BCUT2D eigenvalue weighted by Gasteiger charge is -2.36. The summed E-state index contributed by atoms with van der Waals surface area (Å²) >= 11 is 0. The van der Waals surface area contributed by atoms with Crippen LogP contribution >= 0.6 is 0 Å². The molecular formula is C15H22O3. The molecule has 0 unspecified atom stereocenters. The van der Waals surface area contributed by atoms with Crippen LogP contribution < -0.4 is 0 Å². The van der Waals surface area contributed by atoms with Crippen LogP contribution in [0.15, 0.2) is 16.9 Å². The van der Waals surface area contributed by atoms with Crippen molar-refractivity contribution in [1.29, 1.82) is 0 Å². The lowest BCUT2D eigenvalue weighted by atomic mass is 9.77. The molecule has 2 aliphatic carbocycles. The molecule has 0 bridgehead atoms. The molecule has 1 saturated carbocycles. The third-order valence-electron chi connectivity index (χ3n) is 5.03. The highest BCUT2D eigenvalue weighted by Gasteiger charge is 2.56. The van der Waals surface area contributed by atoms with Gasteiger partial charge < -0.3 is 14.6 Å². The zero-order chi connectivity index (χ0) is 13.1. The molecule has 0 radical (unpaired) electrons. The summed E-state index contributed by atoms with van der Waals surface area (Å²) in [6, 6.07) is 0. The van der Waals surface area contributed by atoms with Gasteiger partial charge in [-0.1, -0.05) is 20.8 Å². The maximum Gasteiger partial charge on any atom is 0.0963 e. The largest absolute Gasteiger partial charge is 0.472 e. The third-order valence-corrected chi connectivity index (χ3v) is 5.03. The van der Waals surface area contributed by atoms with E-state index < -0.39 is 11.7 Å². The van der Waals surface area contributed by atoms with Crippen molar-refractivity contribution in [1.82, 2.24) is 0 Å². The topological polar surface area (TPSA) is 53.6 Å². The molecule has 2 N–H and O–H groups in total. The van der Waals surface area contributed by atoms with Gasteiger partial charge in [-0.15, -0.1) is 0 Å². The van der Waals surface area contributed by atoms with Gasteiger partial charge in [0.15, 0.2) is 0 Å². The van der Waals surface area contributed by atoms with Crippen LogP contribution in [-0.2, 0) is 6.42 Å². The van der Waals surface area contributed by atoms with E-state index in [1.807, 2.05) is 0 Å². The van der Waals surface area contributed by atoms with E-state index in [0.29, 0.717) is 0 Å². The van der Waals surface area contributed by atoms with Gasteiger partial charge in [-0.2, -0.15) is 0 Å². The van der Waals surface area contributed by atoms with Gasteiger partial charge in [0, 0.05) is 11.5 Å². The molecule has 1 aromatic rings. The molecule has 0 aliphatic heterocycles. The monoisotopic (exact) mass is 250 g/mol. The number of furan rings is 1. The van der Waals surface area contributed by atoms with E-state index in [4.69, 9.17) is 4.42 Å². The SMILES string of the molecule is C[C@H]1Cc2cocc2[C@@H](O)[C@@H]2CC(C)(C)C[C@]12O. The summed E-state index contributed by atoms with van der Waals surface area (Å²) in [4.78, 5) is 0. The molecule has 1 fully saturated rings. The lowest BCUT2D eigenvalue weighted by molar-refractivity contribution is -0.0845. The number of hydrogen-bond donors (Lipinski definition) is 2. The lowest BCUT2D eigenvalue weighted by Crippen LogP contribution is -2.42. The van der Waals surface area contributed by atoms with Crippen molar-refractivity contribution in [2.75, 3.05) is 0 Å². The smallest absolute Gasteiger partial charge is 0.0963 e. The van der Waals surface area contributed by atoms with Crippen molar-refractivity contribution >= 4 is 0 Å². The van der Waals surface area contributed by atoms with Gasteiger partial charge >= 0.3 is 0 Å². The summed E-state index contributed by atoms with van der Waals surface area (Å²) in [7, 11) is 0. The van der Waals surface area contributed by atoms with E-state index in [-0.39, 0.29) is 17.3 Å². The van der Waals surface area contributed by atoms with Crippen molar-refractivity contribution in [3.8, 4) is 0 Å². The Balaban J connectivity index is 2.07. The Morgan fingerprint density at radius 2 is 2.06 bits per heavy atom. The Hall–Kier alpha value is -0.800. The Bertz CT molecular complexity index is 462. The first-order chi connectivity index (χ1) is 8.33. The second-order valence-corrected chi connectivity index (χ2v) is 7.05. The second kappa shape index (κ2) is 3.61. The molecular weight excluding hydrogens is 228 g/mol. The van der Waals surface area contributed by atoms with Crippen LogP contribution in [0.3, 0.4) is 0 Å². The van der Waals surface area contributed by atoms with E-state index in [2.05, 4.69) is 20.8 Å². The molecule has 0 aromatic carbocycles. The first kappa shape index (κ1) is 12.2. The molecule has 0 amide bonds. The van der Waals surface area contributed by atoms with Gasteiger partial charge in [-0.05, 0) is 36.2 Å². The average molecular weight is 250 g/mol. The minimum absolute atomic E-state index is 0.0821.